The van der Waals surface area contributed by atoms with E-state index in [-0.39, 0.29) is 6.04 Å². The summed E-state index contributed by atoms with van der Waals surface area (Å²) in [6.07, 6.45) is 8.85. The second kappa shape index (κ2) is 6.29. The first-order chi connectivity index (χ1) is 11.8. The second-order valence-corrected chi connectivity index (χ2v) is 5.83. The van der Waals surface area contributed by atoms with E-state index in [1.165, 1.54) is 6.33 Å². The van der Waals surface area contributed by atoms with E-state index >= 15 is 0 Å². The molecule has 2 N–H and O–H groups in total. The maximum atomic E-state index is 6.09. The minimum Gasteiger partial charge on any atom is -0.361 e. The average molecular weight is 336 g/mol. The Morgan fingerprint density at radius 1 is 1.08 bits per heavy atom. The number of anilines is 1. The fraction of sp³-hybridized carbons (Fsp3) is 0.0556. The van der Waals surface area contributed by atoms with Crippen molar-refractivity contribution in [1.29, 1.82) is 0 Å². The number of hydrogen-bond acceptors (Lipinski definition) is 4. The summed E-state index contributed by atoms with van der Waals surface area (Å²) in [5, 5.41) is 5.27. The molecule has 0 amide bonds. The van der Waals surface area contributed by atoms with Gasteiger partial charge in [-0.2, -0.15) is 0 Å². The van der Waals surface area contributed by atoms with Crippen molar-refractivity contribution in [2.45, 2.75) is 6.04 Å². The first kappa shape index (κ1) is 14.7. The molecule has 3 heterocycles. The Balaban J connectivity index is 1.82. The lowest BCUT2D eigenvalue weighted by molar-refractivity contribution is 0.920. The van der Waals surface area contributed by atoms with Crippen LogP contribution in [-0.4, -0.2) is 19.9 Å². The minimum absolute atomic E-state index is 0.0940. The Morgan fingerprint density at radius 3 is 2.83 bits per heavy atom. The normalized spacial score (nSPS) is 12.2. The summed E-state index contributed by atoms with van der Waals surface area (Å²) in [6, 6.07) is 11.6. The van der Waals surface area contributed by atoms with Gasteiger partial charge in [-0.05, 0) is 29.8 Å². The molecule has 0 radical (unpaired) electrons. The van der Waals surface area contributed by atoms with Gasteiger partial charge in [-0.3, -0.25) is 4.98 Å². The van der Waals surface area contributed by atoms with Gasteiger partial charge in [0, 0.05) is 46.3 Å². The molecule has 6 heteroatoms. The SMILES string of the molecule is Clc1ccc2c(C(Nc3ccncn3)c3cccnc3)c[nH]c2c1. The Labute approximate surface area is 143 Å². The number of hydrogen-bond donors (Lipinski definition) is 2. The highest BCUT2D eigenvalue weighted by Gasteiger charge is 2.18. The van der Waals surface area contributed by atoms with Crippen LogP contribution in [0.15, 0.2) is 67.5 Å². The largest absolute Gasteiger partial charge is 0.361 e. The van der Waals surface area contributed by atoms with Gasteiger partial charge in [0.15, 0.2) is 0 Å². The number of fused-ring (bicyclic) bond motifs is 1. The van der Waals surface area contributed by atoms with Gasteiger partial charge in [0.1, 0.15) is 12.1 Å². The van der Waals surface area contributed by atoms with Gasteiger partial charge in [0.05, 0.1) is 6.04 Å². The van der Waals surface area contributed by atoms with Crippen LogP contribution >= 0.6 is 11.6 Å². The van der Waals surface area contributed by atoms with Crippen molar-refractivity contribution in [2.24, 2.45) is 0 Å². The molecule has 0 spiro atoms. The highest BCUT2D eigenvalue weighted by molar-refractivity contribution is 6.31. The summed E-state index contributed by atoms with van der Waals surface area (Å²) < 4.78 is 0. The number of H-pyrrole nitrogens is 1. The second-order valence-electron chi connectivity index (χ2n) is 5.39. The molecule has 0 saturated carbocycles. The Morgan fingerprint density at radius 2 is 2.04 bits per heavy atom. The van der Waals surface area contributed by atoms with Crippen molar-refractivity contribution >= 4 is 28.3 Å². The van der Waals surface area contributed by atoms with Crippen LogP contribution in [0, 0.1) is 0 Å². The van der Waals surface area contributed by atoms with E-state index in [4.69, 9.17) is 11.6 Å². The van der Waals surface area contributed by atoms with E-state index < -0.39 is 0 Å². The minimum atomic E-state index is -0.0940. The van der Waals surface area contributed by atoms with Crippen molar-refractivity contribution in [3.8, 4) is 0 Å². The zero-order valence-corrected chi connectivity index (χ0v) is 13.4. The van der Waals surface area contributed by atoms with Gasteiger partial charge in [0.2, 0.25) is 0 Å². The predicted molar refractivity (Wildman–Crippen MR) is 95.0 cm³/mol. The standard InChI is InChI=1S/C18H14ClN5/c19-13-3-4-14-15(10-22-16(14)8-13)18(12-2-1-6-20-9-12)24-17-5-7-21-11-23-17/h1-11,18,22H,(H,21,23,24). The van der Waals surface area contributed by atoms with Crippen LogP contribution < -0.4 is 5.32 Å². The van der Waals surface area contributed by atoms with Gasteiger partial charge in [0.25, 0.3) is 0 Å². The summed E-state index contributed by atoms with van der Waals surface area (Å²) in [4.78, 5) is 15.8. The summed E-state index contributed by atoms with van der Waals surface area (Å²) in [7, 11) is 0. The van der Waals surface area contributed by atoms with Gasteiger partial charge < -0.3 is 10.3 Å². The van der Waals surface area contributed by atoms with E-state index in [1.54, 1.807) is 12.4 Å². The van der Waals surface area contributed by atoms with E-state index in [1.807, 2.05) is 48.8 Å². The molecule has 3 aromatic heterocycles. The molecule has 4 rings (SSSR count). The molecule has 0 fully saturated rings. The first-order valence-electron chi connectivity index (χ1n) is 7.50. The Hall–Kier alpha value is -2.92. The van der Waals surface area contributed by atoms with Crippen molar-refractivity contribution in [2.75, 3.05) is 5.32 Å². The predicted octanol–water partition coefficient (Wildman–Crippen LogP) is 4.21. The van der Waals surface area contributed by atoms with Crippen LogP contribution in [0.2, 0.25) is 5.02 Å². The van der Waals surface area contributed by atoms with Crippen LogP contribution in [0.4, 0.5) is 5.82 Å². The van der Waals surface area contributed by atoms with Crippen LogP contribution in [0.25, 0.3) is 10.9 Å². The molecule has 0 bridgehead atoms. The van der Waals surface area contributed by atoms with Crippen LogP contribution in [-0.2, 0) is 0 Å². The Kier molecular flexibility index (Phi) is 3.84. The lowest BCUT2D eigenvalue weighted by atomic mass is 9.99. The maximum Gasteiger partial charge on any atom is 0.130 e. The quantitative estimate of drug-likeness (QED) is 0.586. The number of nitrogens with zero attached hydrogens (tertiary/aromatic N) is 3. The molecule has 0 saturated heterocycles. The first-order valence-corrected chi connectivity index (χ1v) is 7.88. The molecule has 24 heavy (non-hydrogen) atoms. The zero-order valence-electron chi connectivity index (χ0n) is 12.6. The molecule has 1 atom stereocenters. The van der Waals surface area contributed by atoms with E-state index in [0.29, 0.717) is 5.02 Å². The van der Waals surface area contributed by atoms with E-state index in [9.17, 15) is 0 Å². The van der Waals surface area contributed by atoms with Gasteiger partial charge in [-0.15, -0.1) is 0 Å². The average Bonchev–Trinajstić information content (AvgIpc) is 3.04. The van der Waals surface area contributed by atoms with Crippen molar-refractivity contribution < 1.29 is 0 Å². The zero-order chi connectivity index (χ0) is 16.4. The fourth-order valence-electron chi connectivity index (χ4n) is 2.77. The van der Waals surface area contributed by atoms with Crippen molar-refractivity contribution in [1.82, 2.24) is 19.9 Å². The molecule has 5 nitrogen and oxygen atoms in total. The molecule has 118 valence electrons. The van der Waals surface area contributed by atoms with Crippen LogP contribution in [0.5, 0.6) is 0 Å². The number of pyridine rings is 1. The lowest BCUT2D eigenvalue weighted by Gasteiger charge is -2.19. The number of halogens is 1. The third kappa shape index (κ3) is 2.81. The number of rotatable bonds is 4. The Bertz CT molecular complexity index is 953. The van der Waals surface area contributed by atoms with Crippen molar-refractivity contribution in [3.05, 3.63) is 83.7 Å². The molecule has 0 aliphatic heterocycles. The lowest BCUT2D eigenvalue weighted by Crippen LogP contribution is -2.13. The van der Waals surface area contributed by atoms with Gasteiger partial charge in [-0.1, -0.05) is 23.7 Å². The molecule has 4 aromatic rings. The monoisotopic (exact) mass is 335 g/mol. The summed E-state index contributed by atoms with van der Waals surface area (Å²) in [5.41, 5.74) is 3.15. The molecule has 1 aromatic carbocycles. The van der Waals surface area contributed by atoms with Gasteiger partial charge in [-0.25, -0.2) is 9.97 Å². The van der Waals surface area contributed by atoms with Crippen molar-refractivity contribution in [3.63, 3.8) is 0 Å². The van der Waals surface area contributed by atoms with Gasteiger partial charge >= 0.3 is 0 Å². The van der Waals surface area contributed by atoms with E-state index in [2.05, 4.69) is 25.3 Å². The number of benzene rings is 1. The molecular formula is C18H14ClN5. The maximum absolute atomic E-state index is 6.09. The summed E-state index contributed by atoms with van der Waals surface area (Å²) in [5.74, 6) is 0.752. The smallest absolute Gasteiger partial charge is 0.130 e. The topological polar surface area (TPSA) is 66.5 Å². The van der Waals surface area contributed by atoms with Crippen LogP contribution in [0.3, 0.4) is 0 Å². The highest BCUT2D eigenvalue weighted by atomic mass is 35.5. The highest BCUT2D eigenvalue weighted by Crippen LogP contribution is 2.32. The van der Waals surface area contributed by atoms with E-state index in [0.717, 1.165) is 27.8 Å². The third-order valence-electron chi connectivity index (χ3n) is 3.88. The molecule has 1 unspecified atom stereocenters. The molecule has 0 aliphatic rings. The molecule has 0 aliphatic carbocycles. The fourth-order valence-corrected chi connectivity index (χ4v) is 2.94. The summed E-state index contributed by atoms with van der Waals surface area (Å²) >= 11 is 6.09. The summed E-state index contributed by atoms with van der Waals surface area (Å²) in [6.45, 7) is 0. The number of aromatic nitrogens is 4. The number of nitrogens with one attached hydrogen (secondary N) is 2. The number of aromatic amines is 1. The molecular weight excluding hydrogens is 322 g/mol. The third-order valence-corrected chi connectivity index (χ3v) is 4.11. The van der Waals surface area contributed by atoms with Crippen LogP contribution in [0.1, 0.15) is 17.2 Å².